The Labute approximate surface area is 220 Å². The van der Waals surface area contributed by atoms with E-state index in [2.05, 4.69) is 26.6 Å². The zero-order valence-corrected chi connectivity index (χ0v) is 21.4. The zero-order valence-electron chi connectivity index (χ0n) is 19.7. The van der Waals surface area contributed by atoms with Gasteiger partial charge in [0.05, 0.1) is 23.9 Å². The first kappa shape index (κ1) is 31.1. The van der Waals surface area contributed by atoms with Gasteiger partial charge in [0.1, 0.15) is 5.75 Å². The van der Waals surface area contributed by atoms with Crippen LogP contribution in [0.4, 0.5) is 31.5 Å². The Balaban J connectivity index is 0.000000301. The minimum absolute atomic E-state index is 0.835. The van der Waals surface area contributed by atoms with Crippen LogP contribution >= 0.6 is 22.7 Å². The third-order valence-electron chi connectivity index (χ3n) is 4.81. The molecule has 1 aliphatic rings. The number of hydrogen-bond acceptors (Lipinski definition) is 8. The SMILES string of the molecule is COc1ccc2nc(NCc3cc(CN4CCCC4)cs3)sc2c1.O=C(O)C(F)(F)F.O=C(O)C(F)(F)F. The van der Waals surface area contributed by atoms with Crippen LogP contribution in [0, 0.1) is 0 Å². The number of aliphatic carboxylic acids is 2. The number of hydrogen-bond donors (Lipinski definition) is 3. The molecule has 0 bridgehead atoms. The molecule has 1 aromatic carbocycles. The van der Waals surface area contributed by atoms with Crippen LogP contribution in [0.25, 0.3) is 10.2 Å². The molecular weight excluding hydrogens is 564 g/mol. The molecule has 4 rings (SSSR count). The van der Waals surface area contributed by atoms with Gasteiger partial charge in [0.25, 0.3) is 0 Å². The van der Waals surface area contributed by atoms with Gasteiger partial charge in [0.2, 0.25) is 0 Å². The van der Waals surface area contributed by atoms with E-state index >= 15 is 0 Å². The normalized spacial score (nSPS) is 13.8. The number of halogens is 6. The average molecular weight is 588 g/mol. The number of fused-ring (bicyclic) bond motifs is 1. The Hall–Kier alpha value is -3.11. The van der Waals surface area contributed by atoms with Crippen LogP contribution in [-0.2, 0) is 22.7 Å². The number of anilines is 1. The third-order valence-corrected chi connectivity index (χ3v) is 6.77. The molecule has 2 aromatic heterocycles. The van der Waals surface area contributed by atoms with E-state index < -0.39 is 24.3 Å². The highest BCUT2D eigenvalue weighted by molar-refractivity contribution is 7.22. The number of carbonyl (C=O) groups is 2. The Morgan fingerprint density at radius 3 is 2.16 bits per heavy atom. The number of carboxylic acids is 2. The maximum absolute atomic E-state index is 10.6. The smallest absolute Gasteiger partial charge is 0.490 e. The van der Waals surface area contributed by atoms with Gasteiger partial charge in [-0.25, -0.2) is 14.6 Å². The van der Waals surface area contributed by atoms with Crippen LogP contribution in [0.5, 0.6) is 5.75 Å². The van der Waals surface area contributed by atoms with Gasteiger partial charge in [-0.05, 0) is 61.1 Å². The van der Waals surface area contributed by atoms with Gasteiger partial charge < -0.3 is 20.3 Å². The number of thiophene rings is 1. The molecule has 1 saturated heterocycles. The van der Waals surface area contributed by atoms with Gasteiger partial charge in [0, 0.05) is 11.4 Å². The molecule has 0 unspecified atom stereocenters. The first-order valence-corrected chi connectivity index (χ1v) is 12.5. The van der Waals surface area contributed by atoms with Gasteiger partial charge in [-0.15, -0.1) is 11.3 Å². The number of methoxy groups -OCH3 is 1. The van der Waals surface area contributed by atoms with Crippen molar-refractivity contribution in [2.24, 2.45) is 0 Å². The van der Waals surface area contributed by atoms with Crippen molar-refractivity contribution >= 4 is 50.0 Å². The van der Waals surface area contributed by atoms with Gasteiger partial charge in [-0.2, -0.15) is 26.3 Å². The summed E-state index contributed by atoms with van der Waals surface area (Å²) in [5.74, 6) is -4.64. The van der Waals surface area contributed by atoms with Crippen LogP contribution in [0.3, 0.4) is 0 Å². The molecule has 3 heterocycles. The number of likely N-dealkylation sites (tertiary alicyclic amines) is 1. The highest BCUT2D eigenvalue weighted by Crippen LogP contribution is 2.30. The number of alkyl halides is 6. The average Bonchev–Trinajstić information content (AvgIpc) is 3.58. The lowest BCUT2D eigenvalue weighted by Crippen LogP contribution is -2.21. The van der Waals surface area contributed by atoms with Crippen molar-refractivity contribution in [2.75, 3.05) is 25.5 Å². The van der Waals surface area contributed by atoms with Gasteiger partial charge >= 0.3 is 24.3 Å². The molecule has 0 amide bonds. The van der Waals surface area contributed by atoms with Crippen molar-refractivity contribution < 1.29 is 50.9 Å². The fraction of sp³-hybridized carbons (Fsp3) is 0.409. The van der Waals surface area contributed by atoms with Crippen LogP contribution in [0.1, 0.15) is 23.3 Å². The molecule has 0 spiro atoms. The van der Waals surface area contributed by atoms with E-state index in [9.17, 15) is 26.3 Å². The second-order valence-corrected chi connectivity index (χ2v) is 9.74. The van der Waals surface area contributed by atoms with Gasteiger partial charge in [-0.1, -0.05) is 11.3 Å². The van der Waals surface area contributed by atoms with Crippen LogP contribution in [0.15, 0.2) is 29.6 Å². The van der Waals surface area contributed by atoms with E-state index in [0.29, 0.717) is 0 Å². The quantitative estimate of drug-likeness (QED) is 0.309. The number of benzene rings is 1. The number of thiazole rings is 1. The molecule has 210 valence electrons. The van der Waals surface area contributed by atoms with Crippen molar-refractivity contribution in [3.63, 3.8) is 0 Å². The highest BCUT2D eigenvalue weighted by atomic mass is 32.1. The second kappa shape index (κ2) is 13.6. The van der Waals surface area contributed by atoms with Gasteiger partial charge in [0.15, 0.2) is 5.13 Å². The lowest BCUT2D eigenvalue weighted by Gasteiger charge is -2.12. The molecule has 16 heteroatoms. The molecule has 0 radical (unpaired) electrons. The fourth-order valence-corrected chi connectivity index (χ4v) is 4.78. The maximum Gasteiger partial charge on any atom is 0.490 e. The molecule has 8 nitrogen and oxygen atoms in total. The molecule has 1 aliphatic heterocycles. The van der Waals surface area contributed by atoms with E-state index in [1.54, 1.807) is 18.4 Å². The lowest BCUT2D eigenvalue weighted by molar-refractivity contribution is -0.193. The van der Waals surface area contributed by atoms with Crippen molar-refractivity contribution in [1.29, 1.82) is 0 Å². The Morgan fingerprint density at radius 1 is 1.05 bits per heavy atom. The minimum Gasteiger partial charge on any atom is -0.497 e. The fourth-order valence-electron chi connectivity index (χ4n) is 3.07. The Kier molecular flexibility index (Phi) is 11.1. The first-order chi connectivity index (χ1) is 17.7. The number of rotatable bonds is 6. The number of carboxylic acid groups (broad SMARTS) is 2. The monoisotopic (exact) mass is 587 g/mol. The predicted octanol–water partition coefficient (Wildman–Crippen LogP) is 5.84. The Morgan fingerprint density at radius 2 is 1.63 bits per heavy atom. The summed E-state index contributed by atoms with van der Waals surface area (Å²) >= 11 is 3.51. The summed E-state index contributed by atoms with van der Waals surface area (Å²) in [6.45, 7) is 4.43. The van der Waals surface area contributed by atoms with E-state index in [1.807, 2.05) is 29.5 Å². The predicted molar refractivity (Wildman–Crippen MR) is 130 cm³/mol. The van der Waals surface area contributed by atoms with Crippen molar-refractivity contribution in [1.82, 2.24) is 9.88 Å². The topological polar surface area (TPSA) is 112 Å². The molecular formula is C22H23F6N3O5S2. The van der Waals surface area contributed by atoms with Crippen LogP contribution in [-0.4, -0.2) is 64.6 Å². The van der Waals surface area contributed by atoms with E-state index in [0.717, 1.165) is 34.2 Å². The number of aromatic nitrogens is 1. The van der Waals surface area contributed by atoms with E-state index in [4.69, 9.17) is 24.5 Å². The van der Waals surface area contributed by atoms with Crippen molar-refractivity contribution in [3.8, 4) is 5.75 Å². The number of nitrogens with zero attached hydrogens (tertiary/aromatic N) is 2. The molecule has 0 atom stereocenters. The summed E-state index contributed by atoms with van der Waals surface area (Å²) in [7, 11) is 1.69. The largest absolute Gasteiger partial charge is 0.497 e. The molecule has 0 saturated carbocycles. The number of ether oxygens (including phenoxy) is 1. The number of nitrogens with one attached hydrogen (secondary N) is 1. The lowest BCUT2D eigenvalue weighted by atomic mass is 10.3. The zero-order chi connectivity index (χ0) is 28.5. The third kappa shape index (κ3) is 10.3. The van der Waals surface area contributed by atoms with Gasteiger partial charge in [-0.3, -0.25) is 4.90 Å². The summed E-state index contributed by atoms with van der Waals surface area (Å²) in [5, 5.41) is 21.0. The Bertz CT molecular complexity index is 1180. The van der Waals surface area contributed by atoms with E-state index in [-0.39, 0.29) is 0 Å². The highest BCUT2D eigenvalue weighted by Gasteiger charge is 2.38. The molecule has 38 heavy (non-hydrogen) atoms. The van der Waals surface area contributed by atoms with E-state index in [1.165, 1.54) is 36.4 Å². The van der Waals surface area contributed by atoms with Crippen molar-refractivity contribution in [3.05, 3.63) is 40.1 Å². The molecule has 0 aliphatic carbocycles. The second-order valence-electron chi connectivity index (χ2n) is 7.72. The van der Waals surface area contributed by atoms with Crippen LogP contribution < -0.4 is 10.1 Å². The summed E-state index contributed by atoms with van der Waals surface area (Å²) in [6.07, 6.45) is -7.47. The maximum atomic E-state index is 10.6. The minimum atomic E-state index is -5.08. The first-order valence-electron chi connectivity index (χ1n) is 10.8. The molecule has 3 aromatic rings. The van der Waals surface area contributed by atoms with Crippen LogP contribution in [0.2, 0.25) is 0 Å². The molecule has 3 N–H and O–H groups in total. The standard InChI is InChI=1S/C18H21N3OS2.2C2HF3O2/c1-22-14-4-5-16-17(9-14)24-18(20-16)19-10-15-8-13(12-23-15)11-21-6-2-3-7-21;2*3-2(4,5)1(6)7/h4-5,8-9,12H,2-3,6-7,10-11H2,1H3,(H,19,20);2*(H,6,7). The van der Waals surface area contributed by atoms with Crippen molar-refractivity contribution in [2.45, 2.75) is 38.3 Å². The molecule has 1 fully saturated rings. The summed E-state index contributed by atoms with van der Waals surface area (Å²) < 4.78 is 69.9. The summed E-state index contributed by atoms with van der Waals surface area (Å²) in [4.78, 5) is 26.3. The summed E-state index contributed by atoms with van der Waals surface area (Å²) in [5.41, 5.74) is 2.46. The summed E-state index contributed by atoms with van der Waals surface area (Å²) in [6, 6.07) is 8.33.